The van der Waals surface area contributed by atoms with Crippen molar-refractivity contribution in [3.63, 3.8) is 0 Å². The molecule has 3 rings (SSSR count). The van der Waals surface area contributed by atoms with Crippen molar-refractivity contribution in [2.75, 3.05) is 34.9 Å². The Morgan fingerprint density at radius 1 is 1.16 bits per heavy atom. The highest BCUT2D eigenvalue weighted by Crippen LogP contribution is 2.25. The maximum absolute atomic E-state index is 12.4. The molecule has 1 amide bonds. The Morgan fingerprint density at radius 3 is 2.53 bits per heavy atom. The van der Waals surface area contributed by atoms with E-state index in [0.717, 1.165) is 35.8 Å². The van der Waals surface area contributed by atoms with Crippen LogP contribution in [-0.4, -0.2) is 45.7 Å². The van der Waals surface area contributed by atoms with Crippen molar-refractivity contribution in [1.29, 1.82) is 0 Å². The van der Waals surface area contributed by atoms with Crippen molar-refractivity contribution in [1.82, 2.24) is 14.9 Å². The fourth-order valence-electron chi connectivity index (χ4n) is 3.22. The smallest absolute Gasteiger partial charge is 0.234 e. The number of nitrogens with two attached hydrogens (primary N) is 1. The normalized spacial score (nSPS) is 10.9. The van der Waals surface area contributed by atoms with Crippen molar-refractivity contribution < 1.29 is 9.53 Å². The number of ether oxygens (including phenoxy) is 1. The van der Waals surface area contributed by atoms with E-state index in [-0.39, 0.29) is 17.8 Å². The first-order valence-electron chi connectivity index (χ1n) is 10.7. The molecule has 0 aliphatic carbocycles. The van der Waals surface area contributed by atoms with Gasteiger partial charge in [-0.2, -0.15) is 0 Å². The average molecular weight is 455 g/mol. The van der Waals surface area contributed by atoms with Crippen LogP contribution in [0.2, 0.25) is 0 Å². The molecule has 170 valence electrons. The van der Waals surface area contributed by atoms with Crippen molar-refractivity contribution >= 4 is 29.0 Å². The average Bonchev–Trinajstić information content (AvgIpc) is 3.14. The zero-order valence-corrected chi connectivity index (χ0v) is 19.7. The summed E-state index contributed by atoms with van der Waals surface area (Å²) in [5, 5.41) is 11.7. The van der Waals surface area contributed by atoms with Crippen molar-refractivity contribution in [3.8, 4) is 17.1 Å². The molecular formula is C23H30N6O2S. The summed E-state index contributed by atoms with van der Waals surface area (Å²) in [4.78, 5) is 14.6. The standard InChI is InChI=1S/C23H30N6O2S/c1-5-28(6-2)19-12-10-18(11-13-19)25-21(30)15-32-23-27-26-22(29(23)24)17-8-7-9-20(14-17)31-16(3)4/h7-14,16H,5-6,15,24H2,1-4H3,(H,25,30). The molecule has 0 saturated heterocycles. The van der Waals surface area contributed by atoms with Gasteiger partial charge in [-0.1, -0.05) is 23.9 Å². The van der Waals surface area contributed by atoms with E-state index in [1.54, 1.807) is 0 Å². The number of carbonyl (C=O) groups is 1. The number of thioether (sulfide) groups is 1. The molecule has 1 heterocycles. The van der Waals surface area contributed by atoms with E-state index < -0.39 is 0 Å². The minimum Gasteiger partial charge on any atom is -0.491 e. The van der Waals surface area contributed by atoms with Gasteiger partial charge >= 0.3 is 0 Å². The van der Waals surface area contributed by atoms with Crippen LogP contribution in [0, 0.1) is 0 Å². The first-order valence-corrected chi connectivity index (χ1v) is 11.6. The predicted octanol–water partition coefficient (Wildman–Crippen LogP) is 4.02. The minimum atomic E-state index is -0.137. The third-order valence-corrected chi connectivity index (χ3v) is 5.68. The largest absolute Gasteiger partial charge is 0.491 e. The molecule has 0 radical (unpaired) electrons. The molecule has 1 aromatic heterocycles. The number of rotatable bonds is 10. The highest BCUT2D eigenvalue weighted by atomic mass is 32.2. The van der Waals surface area contributed by atoms with Crippen molar-refractivity contribution in [3.05, 3.63) is 48.5 Å². The molecule has 0 aliphatic rings. The van der Waals surface area contributed by atoms with Crippen LogP contribution in [0.3, 0.4) is 0 Å². The molecule has 0 fully saturated rings. The summed E-state index contributed by atoms with van der Waals surface area (Å²) < 4.78 is 7.13. The van der Waals surface area contributed by atoms with Crippen LogP contribution in [0.25, 0.3) is 11.4 Å². The molecule has 3 N–H and O–H groups in total. The summed E-state index contributed by atoms with van der Waals surface area (Å²) in [5.41, 5.74) is 2.68. The fourth-order valence-corrected chi connectivity index (χ4v) is 3.88. The lowest BCUT2D eigenvalue weighted by Gasteiger charge is -2.21. The van der Waals surface area contributed by atoms with Gasteiger partial charge in [0.1, 0.15) is 5.75 Å². The van der Waals surface area contributed by atoms with Gasteiger partial charge in [0.2, 0.25) is 11.1 Å². The summed E-state index contributed by atoms with van der Waals surface area (Å²) >= 11 is 1.23. The zero-order valence-electron chi connectivity index (χ0n) is 18.9. The van der Waals surface area contributed by atoms with Gasteiger partial charge in [0, 0.05) is 30.0 Å². The van der Waals surface area contributed by atoms with Crippen LogP contribution in [0.5, 0.6) is 5.75 Å². The number of nitrogens with one attached hydrogen (secondary N) is 1. The van der Waals surface area contributed by atoms with Gasteiger partial charge in [0.15, 0.2) is 5.82 Å². The number of anilines is 2. The number of hydrogen-bond donors (Lipinski definition) is 2. The molecule has 0 saturated carbocycles. The molecule has 8 nitrogen and oxygen atoms in total. The maximum atomic E-state index is 12.4. The van der Waals surface area contributed by atoms with E-state index in [1.165, 1.54) is 16.4 Å². The van der Waals surface area contributed by atoms with E-state index >= 15 is 0 Å². The molecule has 0 spiro atoms. The van der Waals surface area contributed by atoms with Crippen LogP contribution >= 0.6 is 11.8 Å². The lowest BCUT2D eigenvalue weighted by atomic mass is 10.2. The number of nitrogens with zero attached hydrogens (tertiary/aromatic N) is 4. The Balaban J connectivity index is 1.60. The van der Waals surface area contributed by atoms with Crippen LogP contribution in [0.15, 0.2) is 53.7 Å². The van der Waals surface area contributed by atoms with Gasteiger partial charge in [0.05, 0.1) is 11.9 Å². The van der Waals surface area contributed by atoms with Gasteiger partial charge in [-0.05, 0) is 64.1 Å². The van der Waals surface area contributed by atoms with Gasteiger partial charge in [0.25, 0.3) is 0 Å². The quantitative estimate of drug-likeness (QED) is 0.353. The zero-order chi connectivity index (χ0) is 23.1. The summed E-state index contributed by atoms with van der Waals surface area (Å²) in [6, 6.07) is 15.4. The van der Waals surface area contributed by atoms with Gasteiger partial charge < -0.3 is 20.8 Å². The Kier molecular flexibility index (Phi) is 7.99. The highest BCUT2D eigenvalue weighted by molar-refractivity contribution is 7.99. The molecule has 3 aromatic rings. The Morgan fingerprint density at radius 2 is 1.88 bits per heavy atom. The SMILES string of the molecule is CCN(CC)c1ccc(NC(=O)CSc2nnc(-c3cccc(OC(C)C)c3)n2N)cc1. The number of amides is 1. The number of benzene rings is 2. The van der Waals surface area contributed by atoms with E-state index in [2.05, 4.69) is 34.3 Å². The first-order chi connectivity index (χ1) is 15.4. The molecule has 0 aliphatic heterocycles. The molecule has 0 unspecified atom stereocenters. The number of nitrogen functional groups attached to an aromatic ring is 1. The van der Waals surface area contributed by atoms with Gasteiger partial charge in [-0.15, -0.1) is 10.2 Å². The first kappa shape index (κ1) is 23.5. The molecule has 2 aromatic carbocycles. The molecule has 32 heavy (non-hydrogen) atoms. The van der Waals surface area contributed by atoms with E-state index in [4.69, 9.17) is 10.6 Å². The van der Waals surface area contributed by atoms with Crippen LogP contribution < -0.4 is 20.8 Å². The van der Waals surface area contributed by atoms with Crippen LogP contribution in [0.4, 0.5) is 11.4 Å². The van der Waals surface area contributed by atoms with Crippen LogP contribution in [0.1, 0.15) is 27.7 Å². The molecule has 0 bridgehead atoms. The van der Waals surface area contributed by atoms with E-state index in [9.17, 15) is 4.79 Å². The minimum absolute atomic E-state index is 0.0686. The summed E-state index contributed by atoms with van der Waals surface area (Å²) in [7, 11) is 0. The van der Waals surface area contributed by atoms with Crippen LogP contribution in [-0.2, 0) is 4.79 Å². The second-order valence-electron chi connectivity index (χ2n) is 7.43. The molecule has 0 atom stereocenters. The number of aromatic nitrogens is 3. The number of carbonyl (C=O) groups excluding carboxylic acids is 1. The topological polar surface area (TPSA) is 98.3 Å². The predicted molar refractivity (Wildman–Crippen MR) is 131 cm³/mol. The summed E-state index contributed by atoms with van der Waals surface area (Å²) in [5.74, 6) is 7.47. The second-order valence-corrected chi connectivity index (χ2v) is 8.37. The lowest BCUT2D eigenvalue weighted by Crippen LogP contribution is -2.21. The van der Waals surface area contributed by atoms with Gasteiger partial charge in [-0.3, -0.25) is 4.79 Å². The maximum Gasteiger partial charge on any atom is 0.234 e. The molecular weight excluding hydrogens is 424 g/mol. The molecule has 9 heteroatoms. The van der Waals surface area contributed by atoms with E-state index in [0.29, 0.717) is 11.0 Å². The fraction of sp³-hybridized carbons (Fsp3) is 0.348. The van der Waals surface area contributed by atoms with E-state index in [1.807, 2.05) is 62.4 Å². The Labute approximate surface area is 193 Å². The van der Waals surface area contributed by atoms with Gasteiger partial charge in [-0.25, -0.2) is 4.68 Å². The Bertz CT molecular complexity index is 1030. The summed E-state index contributed by atoms with van der Waals surface area (Å²) in [6.45, 7) is 10.1. The lowest BCUT2D eigenvalue weighted by molar-refractivity contribution is -0.113. The second kappa shape index (κ2) is 10.9. The van der Waals surface area contributed by atoms with Crippen molar-refractivity contribution in [2.24, 2.45) is 0 Å². The number of hydrogen-bond acceptors (Lipinski definition) is 7. The van der Waals surface area contributed by atoms with Crippen molar-refractivity contribution in [2.45, 2.75) is 39.0 Å². The third kappa shape index (κ3) is 5.94. The third-order valence-electron chi connectivity index (χ3n) is 4.74. The highest BCUT2D eigenvalue weighted by Gasteiger charge is 2.15. The summed E-state index contributed by atoms with van der Waals surface area (Å²) in [6.07, 6.45) is 0.0686. The monoisotopic (exact) mass is 454 g/mol. The Hall–Kier alpha value is -3.20.